The number of hydrogen-bond acceptors (Lipinski definition) is 5. The lowest BCUT2D eigenvalue weighted by molar-refractivity contribution is -0.116. The van der Waals surface area contributed by atoms with E-state index in [1.807, 2.05) is 0 Å². The molecular weight excluding hydrogens is 380 g/mol. The molecule has 0 bridgehead atoms. The fourth-order valence-corrected chi connectivity index (χ4v) is 4.44. The summed E-state index contributed by atoms with van der Waals surface area (Å²) in [7, 11) is -2.08. The Morgan fingerprint density at radius 2 is 2.08 bits per heavy atom. The molecule has 0 saturated carbocycles. The normalized spacial score (nSPS) is 15.2. The summed E-state index contributed by atoms with van der Waals surface area (Å²) in [6, 6.07) is 4.89. The van der Waals surface area contributed by atoms with E-state index in [2.05, 4.69) is 10.3 Å². The van der Waals surface area contributed by atoms with Gasteiger partial charge in [0.1, 0.15) is 12.3 Å². The van der Waals surface area contributed by atoms with Crippen LogP contribution in [0.2, 0.25) is 5.02 Å². The minimum atomic E-state index is -3.59. The molecule has 8 nitrogen and oxygen atoms in total. The van der Waals surface area contributed by atoms with Gasteiger partial charge in [0, 0.05) is 25.0 Å². The van der Waals surface area contributed by atoms with Crippen molar-refractivity contribution in [1.82, 2.24) is 13.9 Å². The van der Waals surface area contributed by atoms with E-state index in [0.29, 0.717) is 29.5 Å². The number of amides is 1. The molecule has 0 atom stereocenters. The highest BCUT2D eigenvalue weighted by atomic mass is 35.5. The number of carbonyl (C=O) groups excluding carboxylic acids is 1. The topological polar surface area (TPSA) is 93.5 Å². The van der Waals surface area contributed by atoms with Crippen molar-refractivity contribution >= 4 is 33.2 Å². The number of halogens is 1. The molecule has 26 heavy (non-hydrogen) atoms. The summed E-state index contributed by atoms with van der Waals surface area (Å²) in [6.45, 7) is 0.952. The molecule has 1 N–H and O–H groups in total. The Kier molecular flexibility index (Phi) is 5.49. The summed E-state index contributed by atoms with van der Waals surface area (Å²) in [5.41, 5.74) is 0.519. The summed E-state index contributed by atoms with van der Waals surface area (Å²) >= 11 is 6.03. The first-order valence-electron chi connectivity index (χ1n) is 8.05. The number of anilines is 1. The van der Waals surface area contributed by atoms with Crippen molar-refractivity contribution in [2.45, 2.75) is 24.4 Å². The first-order chi connectivity index (χ1) is 12.4. The predicted molar refractivity (Wildman–Crippen MR) is 96.9 cm³/mol. The fraction of sp³-hybridized carbons (Fsp3) is 0.375. The zero-order chi connectivity index (χ0) is 18.7. The first kappa shape index (κ1) is 18.7. The molecule has 1 amide bonds. The minimum absolute atomic E-state index is 0.0420. The van der Waals surface area contributed by atoms with Gasteiger partial charge in [-0.1, -0.05) is 11.6 Å². The summed E-state index contributed by atoms with van der Waals surface area (Å²) in [5.74, 6) is 0.185. The van der Waals surface area contributed by atoms with Gasteiger partial charge in [0.2, 0.25) is 5.91 Å². The summed E-state index contributed by atoms with van der Waals surface area (Å²) in [6.07, 6.45) is 4.41. The number of nitrogens with zero attached hydrogens (tertiary/aromatic N) is 3. The van der Waals surface area contributed by atoms with E-state index >= 15 is 0 Å². The van der Waals surface area contributed by atoms with Crippen molar-refractivity contribution in [3.05, 3.63) is 35.7 Å². The number of ether oxygens (including phenoxy) is 1. The lowest BCUT2D eigenvalue weighted by Gasteiger charge is -2.12. The smallest absolute Gasteiger partial charge is 0.262 e. The van der Waals surface area contributed by atoms with Gasteiger partial charge in [-0.25, -0.2) is 13.4 Å². The minimum Gasteiger partial charge on any atom is -0.495 e. The first-order valence-corrected chi connectivity index (χ1v) is 9.87. The van der Waals surface area contributed by atoms with Crippen LogP contribution in [0.4, 0.5) is 5.69 Å². The number of sulfonamides is 1. The molecule has 0 spiro atoms. The van der Waals surface area contributed by atoms with Crippen LogP contribution < -0.4 is 10.1 Å². The molecule has 2 heterocycles. The average Bonchev–Trinajstić information content (AvgIpc) is 3.27. The van der Waals surface area contributed by atoms with Gasteiger partial charge in [-0.2, -0.15) is 4.31 Å². The second-order valence-electron chi connectivity index (χ2n) is 5.89. The molecule has 3 rings (SSSR count). The Morgan fingerprint density at radius 1 is 1.35 bits per heavy atom. The van der Waals surface area contributed by atoms with Crippen molar-refractivity contribution in [2.24, 2.45) is 0 Å². The van der Waals surface area contributed by atoms with E-state index in [9.17, 15) is 13.2 Å². The molecule has 0 unspecified atom stereocenters. The van der Waals surface area contributed by atoms with Crippen LogP contribution in [0.15, 0.2) is 35.7 Å². The molecule has 1 aromatic heterocycles. The molecule has 1 aromatic carbocycles. The summed E-state index contributed by atoms with van der Waals surface area (Å²) in [5, 5.41) is 3.04. The number of hydrogen-bond donors (Lipinski definition) is 1. The standard InChI is InChI=1S/C16H19ClN4O4S/c1-25-14-5-4-12(8-13(14)17)19-15(22)9-20-10-16(18-11-20)26(23,24)21-6-2-3-7-21/h4-5,8,10-11H,2-3,6-7,9H2,1H3,(H,19,22). The summed E-state index contributed by atoms with van der Waals surface area (Å²) in [4.78, 5) is 16.1. The second kappa shape index (κ2) is 7.65. The summed E-state index contributed by atoms with van der Waals surface area (Å²) < 4.78 is 32.8. The third-order valence-electron chi connectivity index (χ3n) is 4.04. The molecule has 1 saturated heterocycles. The van der Waals surface area contributed by atoms with Crippen molar-refractivity contribution in [3.63, 3.8) is 0 Å². The number of benzene rings is 1. The molecule has 0 aliphatic carbocycles. The van der Waals surface area contributed by atoms with Crippen molar-refractivity contribution < 1.29 is 17.9 Å². The Bertz CT molecular complexity index is 907. The van der Waals surface area contributed by atoms with Gasteiger partial charge in [-0.15, -0.1) is 0 Å². The lowest BCUT2D eigenvalue weighted by atomic mass is 10.3. The van der Waals surface area contributed by atoms with Crippen LogP contribution in [0.25, 0.3) is 0 Å². The van der Waals surface area contributed by atoms with Gasteiger partial charge in [0.15, 0.2) is 5.03 Å². The molecule has 140 valence electrons. The average molecular weight is 399 g/mol. The molecule has 0 radical (unpaired) electrons. The maximum absolute atomic E-state index is 12.4. The van der Waals surface area contributed by atoms with Gasteiger partial charge in [0.05, 0.1) is 18.5 Å². The van der Waals surface area contributed by atoms with Crippen LogP contribution in [0.1, 0.15) is 12.8 Å². The number of rotatable bonds is 6. The number of imidazole rings is 1. The molecular formula is C16H19ClN4O4S. The Hall–Kier alpha value is -2.10. The Morgan fingerprint density at radius 3 is 2.73 bits per heavy atom. The monoisotopic (exact) mass is 398 g/mol. The molecule has 1 fully saturated rings. The van der Waals surface area contributed by atoms with Crippen LogP contribution in [0.5, 0.6) is 5.75 Å². The lowest BCUT2D eigenvalue weighted by Crippen LogP contribution is -2.28. The Balaban J connectivity index is 1.65. The van der Waals surface area contributed by atoms with Crippen LogP contribution in [-0.4, -0.2) is 48.4 Å². The van der Waals surface area contributed by atoms with Gasteiger partial charge in [-0.05, 0) is 31.0 Å². The maximum atomic E-state index is 12.4. The number of nitrogens with one attached hydrogen (secondary N) is 1. The quantitative estimate of drug-likeness (QED) is 0.802. The zero-order valence-electron chi connectivity index (χ0n) is 14.2. The maximum Gasteiger partial charge on any atom is 0.262 e. The van der Waals surface area contributed by atoms with E-state index < -0.39 is 10.0 Å². The van der Waals surface area contributed by atoms with Gasteiger partial charge >= 0.3 is 0 Å². The van der Waals surface area contributed by atoms with E-state index in [0.717, 1.165) is 12.8 Å². The third kappa shape index (κ3) is 4.00. The van der Waals surface area contributed by atoms with Gasteiger partial charge < -0.3 is 14.6 Å². The van der Waals surface area contributed by atoms with Gasteiger partial charge in [-0.3, -0.25) is 4.79 Å². The van der Waals surface area contributed by atoms with E-state index in [1.54, 1.807) is 18.2 Å². The van der Waals surface area contributed by atoms with Gasteiger partial charge in [0.25, 0.3) is 10.0 Å². The molecule has 1 aliphatic heterocycles. The SMILES string of the molecule is COc1ccc(NC(=O)Cn2cnc(S(=O)(=O)N3CCCC3)c2)cc1Cl. The van der Waals surface area contributed by atoms with E-state index in [4.69, 9.17) is 16.3 Å². The highest BCUT2D eigenvalue weighted by Gasteiger charge is 2.29. The van der Waals surface area contributed by atoms with Crippen LogP contribution in [0, 0.1) is 0 Å². The zero-order valence-corrected chi connectivity index (χ0v) is 15.8. The molecule has 1 aliphatic rings. The number of aromatic nitrogens is 2. The second-order valence-corrected chi connectivity index (χ2v) is 8.18. The van der Waals surface area contributed by atoms with E-state index in [1.165, 1.54) is 28.5 Å². The fourth-order valence-electron chi connectivity index (χ4n) is 2.73. The third-order valence-corrected chi connectivity index (χ3v) is 6.12. The van der Waals surface area contributed by atoms with Crippen LogP contribution >= 0.6 is 11.6 Å². The van der Waals surface area contributed by atoms with Crippen LogP contribution in [-0.2, 0) is 21.4 Å². The van der Waals surface area contributed by atoms with Crippen LogP contribution in [0.3, 0.4) is 0 Å². The van der Waals surface area contributed by atoms with Crippen molar-refractivity contribution in [3.8, 4) is 5.75 Å². The highest BCUT2D eigenvalue weighted by Crippen LogP contribution is 2.27. The number of carbonyl (C=O) groups is 1. The molecule has 10 heteroatoms. The van der Waals surface area contributed by atoms with Crippen molar-refractivity contribution in [2.75, 3.05) is 25.5 Å². The van der Waals surface area contributed by atoms with E-state index in [-0.39, 0.29) is 17.5 Å². The largest absolute Gasteiger partial charge is 0.495 e. The predicted octanol–water partition coefficient (Wildman–Crippen LogP) is 1.97. The van der Waals surface area contributed by atoms with Crippen molar-refractivity contribution in [1.29, 1.82) is 0 Å². The Labute approximate surface area is 156 Å². The number of methoxy groups -OCH3 is 1. The molecule has 2 aromatic rings. The highest BCUT2D eigenvalue weighted by molar-refractivity contribution is 7.89.